The van der Waals surface area contributed by atoms with E-state index in [1.165, 1.54) is 12.1 Å². The summed E-state index contributed by atoms with van der Waals surface area (Å²) in [5.41, 5.74) is 2.65. The van der Waals surface area contributed by atoms with Gasteiger partial charge in [-0.05, 0) is 48.2 Å². The molecule has 1 aromatic rings. The van der Waals surface area contributed by atoms with Crippen molar-refractivity contribution in [3.8, 4) is 0 Å². The average Bonchev–Trinajstić information content (AvgIpc) is 2.69. The number of hydrogen-bond donors (Lipinski definition) is 1. The van der Waals surface area contributed by atoms with Gasteiger partial charge in [-0.2, -0.15) is 24.9 Å². The van der Waals surface area contributed by atoms with Crippen LogP contribution in [0.15, 0.2) is 29.2 Å². The molecule has 0 bridgehead atoms. The predicted octanol–water partition coefficient (Wildman–Crippen LogP) is 3.74. The van der Waals surface area contributed by atoms with E-state index in [0.29, 0.717) is 6.54 Å². The van der Waals surface area contributed by atoms with Gasteiger partial charge in [0.1, 0.15) is 0 Å². The molecule has 7 heteroatoms. The summed E-state index contributed by atoms with van der Waals surface area (Å²) in [4.78, 5) is 2.56. The Morgan fingerprint density at radius 2 is 1.90 bits per heavy atom. The monoisotopic (exact) mass is 336 g/mol. The van der Waals surface area contributed by atoms with Gasteiger partial charge in [0, 0.05) is 29.8 Å². The molecule has 0 amide bonds. The molecule has 1 saturated heterocycles. The van der Waals surface area contributed by atoms with Crippen LogP contribution in [0.2, 0.25) is 0 Å². The van der Waals surface area contributed by atoms with E-state index in [2.05, 4.69) is 4.90 Å². The number of hydrogen-bond acceptors (Lipinski definition) is 4. The Kier molecular flexibility index (Phi) is 6.28. The molecule has 118 valence electrons. The zero-order chi connectivity index (χ0) is 15.3. The maximum absolute atomic E-state index is 12.3. The van der Waals surface area contributed by atoms with E-state index in [4.69, 9.17) is 5.73 Å². The fourth-order valence-corrected chi connectivity index (χ4v) is 3.91. The Morgan fingerprint density at radius 1 is 1.19 bits per heavy atom. The van der Waals surface area contributed by atoms with Crippen LogP contribution in [0.1, 0.15) is 18.0 Å². The maximum Gasteiger partial charge on any atom is 0.446 e. The molecular formula is C14H19F3N2S2. The van der Waals surface area contributed by atoms with Crippen LogP contribution in [-0.4, -0.2) is 41.5 Å². The number of nitrogens with zero attached hydrogens (tertiary/aromatic N) is 1. The number of halogens is 3. The van der Waals surface area contributed by atoms with Crippen LogP contribution in [0.25, 0.3) is 0 Å². The van der Waals surface area contributed by atoms with E-state index >= 15 is 0 Å². The maximum atomic E-state index is 12.3. The van der Waals surface area contributed by atoms with Crippen LogP contribution < -0.4 is 5.73 Å². The van der Waals surface area contributed by atoms with Crippen LogP contribution in [0.5, 0.6) is 0 Å². The van der Waals surface area contributed by atoms with Crippen molar-refractivity contribution in [2.45, 2.75) is 22.9 Å². The van der Waals surface area contributed by atoms with Gasteiger partial charge in [-0.3, -0.25) is 4.90 Å². The molecule has 1 aromatic carbocycles. The lowest BCUT2D eigenvalue weighted by atomic mass is 10.1. The average molecular weight is 336 g/mol. The quantitative estimate of drug-likeness (QED) is 0.848. The molecule has 1 aliphatic heterocycles. The fraction of sp³-hybridized carbons (Fsp3) is 0.571. The fourth-order valence-electron chi connectivity index (χ4n) is 2.46. The van der Waals surface area contributed by atoms with E-state index in [-0.39, 0.29) is 22.7 Å². The van der Waals surface area contributed by atoms with Crippen molar-refractivity contribution < 1.29 is 13.2 Å². The van der Waals surface area contributed by atoms with Gasteiger partial charge in [0.2, 0.25) is 0 Å². The highest BCUT2D eigenvalue weighted by atomic mass is 32.2. The van der Waals surface area contributed by atoms with Gasteiger partial charge in [-0.25, -0.2) is 0 Å². The van der Waals surface area contributed by atoms with Crippen molar-refractivity contribution in [3.05, 3.63) is 29.8 Å². The predicted molar refractivity (Wildman–Crippen MR) is 83.7 cm³/mol. The normalized spacial score (nSPS) is 19.2. The minimum Gasteiger partial charge on any atom is -0.329 e. The first-order valence-electron chi connectivity index (χ1n) is 6.87. The molecule has 1 aliphatic rings. The molecule has 2 rings (SSSR count). The van der Waals surface area contributed by atoms with Crippen LogP contribution in [0.4, 0.5) is 13.2 Å². The van der Waals surface area contributed by atoms with Crippen molar-refractivity contribution in [3.63, 3.8) is 0 Å². The van der Waals surface area contributed by atoms with Gasteiger partial charge >= 0.3 is 5.51 Å². The van der Waals surface area contributed by atoms with E-state index in [1.807, 2.05) is 11.8 Å². The van der Waals surface area contributed by atoms with Crippen molar-refractivity contribution in [2.24, 2.45) is 5.73 Å². The summed E-state index contributed by atoms with van der Waals surface area (Å²) in [5.74, 6) is 2.24. The zero-order valence-electron chi connectivity index (χ0n) is 11.6. The summed E-state index contributed by atoms with van der Waals surface area (Å²) in [6, 6.07) is 6.69. The Hall–Kier alpha value is -0.370. The number of nitrogens with two attached hydrogens (primary N) is 1. The summed E-state index contributed by atoms with van der Waals surface area (Å²) in [6.45, 7) is 2.45. The minimum absolute atomic E-state index is 0.0805. The summed E-state index contributed by atoms with van der Waals surface area (Å²) in [6.07, 6.45) is 1.13. The first-order valence-corrected chi connectivity index (χ1v) is 8.84. The lowest BCUT2D eigenvalue weighted by Crippen LogP contribution is -2.35. The number of alkyl halides is 3. The third kappa shape index (κ3) is 5.39. The van der Waals surface area contributed by atoms with Gasteiger partial charge in [0.15, 0.2) is 0 Å². The Labute approximate surface area is 131 Å². The van der Waals surface area contributed by atoms with E-state index in [0.717, 1.165) is 36.6 Å². The van der Waals surface area contributed by atoms with Crippen LogP contribution in [0, 0.1) is 0 Å². The SMILES string of the molecule is NCC(c1ccc(SC(F)(F)F)cc1)N1CCCSCC1. The number of thioether (sulfide) groups is 2. The number of benzene rings is 1. The zero-order valence-corrected chi connectivity index (χ0v) is 13.2. The first-order chi connectivity index (χ1) is 9.99. The second kappa shape index (κ2) is 7.76. The van der Waals surface area contributed by atoms with Crippen molar-refractivity contribution in [2.75, 3.05) is 31.1 Å². The lowest BCUT2D eigenvalue weighted by molar-refractivity contribution is -0.0328. The topological polar surface area (TPSA) is 29.3 Å². The molecule has 0 saturated carbocycles. The van der Waals surface area contributed by atoms with Gasteiger partial charge in [-0.15, -0.1) is 0 Å². The molecule has 1 atom stereocenters. The van der Waals surface area contributed by atoms with Crippen LogP contribution in [-0.2, 0) is 0 Å². The molecule has 1 heterocycles. The van der Waals surface area contributed by atoms with Crippen molar-refractivity contribution in [1.82, 2.24) is 4.90 Å². The molecule has 0 radical (unpaired) electrons. The summed E-state index contributed by atoms with van der Waals surface area (Å²) >= 11 is 1.86. The van der Waals surface area contributed by atoms with Crippen LogP contribution in [0.3, 0.4) is 0 Å². The smallest absolute Gasteiger partial charge is 0.329 e. The largest absolute Gasteiger partial charge is 0.446 e. The Morgan fingerprint density at radius 3 is 2.52 bits per heavy atom. The lowest BCUT2D eigenvalue weighted by Gasteiger charge is -2.29. The molecule has 0 spiro atoms. The van der Waals surface area contributed by atoms with Gasteiger partial charge in [0.25, 0.3) is 0 Å². The first kappa shape index (κ1) is 17.0. The summed E-state index contributed by atoms with van der Waals surface area (Å²) in [7, 11) is 0. The molecule has 2 N–H and O–H groups in total. The third-order valence-corrected chi connectivity index (χ3v) is 5.21. The van der Waals surface area contributed by atoms with Gasteiger partial charge in [-0.1, -0.05) is 12.1 Å². The summed E-state index contributed by atoms with van der Waals surface area (Å²) in [5, 5.41) is 0. The molecule has 0 aromatic heterocycles. The van der Waals surface area contributed by atoms with Crippen molar-refractivity contribution >= 4 is 23.5 Å². The molecule has 2 nitrogen and oxygen atoms in total. The van der Waals surface area contributed by atoms with E-state index < -0.39 is 5.51 Å². The van der Waals surface area contributed by atoms with Crippen LogP contribution >= 0.6 is 23.5 Å². The Bertz CT molecular complexity index is 429. The van der Waals surface area contributed by atoms with E-state index in [1.54, 1.807) is 12.1 Å². The highest BCUT2D eigenvalue weighted by molar-refractivity contribution is 8.00. The third-order valence-electron chi connectivity index (χ3n) is 3.42. The second-order valence-corrected chi connectivity index (χ2v) is 7.23. The van der Waals surface area contributed by atoms with Gasteiger partial charge < -0.3 is 5.73 Å². The number of rotatable bonds is 4. The second-order valence-electron chi connectivity index (χ2n) is 4.87. The standard InChI is InChI=1S/C14H19F3N2S2/c15-14(16,17)21-12-4-2-11(3-5-12)13(10-18)19-6-1-8-20-9-7-19/h2-5,13H,1,6-10,18H2. The molecule has 21 heavy (non-hydrogen) atoms. The molecule has 1 fully saturated rings. The summed E-state index contributed by atoms with van der Waals surface area (Å²) < 4.78 is 37.0. The minimum atomic E-state index is -4.24. The van der Waals surface area contributed by atoms with Crippen molar-refractivity contribution in [1.29, 1.82) is 0 Å². The van der Waals surface area contributed by atoms with E-state index in [9.17, 15) is 13.2 Å². The highest BCUT2D eigenvalue weighted by Gasteiger charge is 2.29. The van der Waals surface area contributed by atoms with Gasteiger partial charge in [0.05, 0.1) is 0 Å². The molecule has 1 unspecified atom stereocenters. The molecule has 0 aliphatic carbocycles. The Balaban J connectivity index is 2.07. The highest BCUT2D eigenvalue weighted by Crippen LogP contribution is 2.37. The molecular weight excluding hydrogens is 317 g/mol.